The monoisotopic (exact) mass is 319 g/mol. The number of thiophene rings is 1. The molecule has 2 unspecified atom stereocenters. The molecule has 1 aliphatic rings. The first-order valence-electron chi connectivity index (χ1n) is 6.69. The summed E-state index contributed by atoms with van der Waals surface area (Å²) in [5.74, 6) is -0.890. The minimum absolute atomic E-state index is 0.104. The molecule has 0 radical (unpaired) electrons. The number of benzene rings is 1. The van der Waals surface area contributed by atoms with Crippen molar-refractivity contribution in [2.24, 2.45) is 0 Å². The zero-order valence-corrected chi connectivity index (χ0v) is 13.0. The van der Waals surface area contributed by atoms with Gasteiger partial charge in [-0.3, -0.25) is 14.9 Å². The van der Waals surface area contributed by atoms with Crippen LogP contribution in [-0.2, 0) is 9.59 Å². The molecular weight excluding hydrogens is 306 g/mol. The number of hydrogen-bond acceptors (Lipinski definition) is 3. The second-order valence-electron chi connectivity index (χ2n) is 5.22. The Hall–Kier alpha value is -1.65. The largest absolute Gasteiger partial charge is 0.296 e. The number of carbonyl (C=O) groups is 2. The van der Waals surface area contributed by atoms with Crippen LogP contribution in [0.5, 0.6) is 0 Å². The summed E-state index contributed by atoms with van der Waals surface area (Å²) in [6.45, 7) is 2.02. The van der Waals surface area contributed by atoms with Gasteiger partial charge in [-0.25, -0.2) is 0 Å². The molecule has 3 rings (SSSR count). The Labute approximate surface area is 131 Å². The minimum Gasteiger partial charge on any atom is -0.296 e. The summed E-state index contributed by atoms with van der Waals surface area (Å²) >= 11 is 7.52. The maximum absolute atomic E-state index is 12.3. The summed E-state index contributed by atoms with van der Waals surface area (Å²) in [5, 5.41) is 5.08. The van der Waals surface area contributed by atoms with Gasteiger partial charge in [0.05, 0.1) is 5.92 Å². The van der Waals surface area contributed by atoms with Crippen LogP contribution >= 0.6 is 22.9 Å². The van der Waals surface area contributed by atoms with Crippen LogP contribution < -0.4 is 5.32 Å². The number of amides is 2. The van der Waals surface area contributed by atoms with Gasteiger partial charge in [0.1, 0.15) is 0 Å². The zero-order chi connectivity index (χ0) is 15.0. The predicted molar refractivity (Wildman–Crippen MR) is 83.8 cm³/mol. The Balaban J connectivity index is 2.05. The van der Waals surface area contributed by atoms with E-state index in [2.05, 4.69) is 5.32 Å². The molecule has 2 heterocycles. The third kappa shape index (κ3) is 2.74. The van der Waals surface area contributed by atoms with Crippen LogP contribution in [0.15, 0.2) is 35.7 Å². The number of imide groups is 1. The number of rotatable bonds is 2. The molecule has 0 bridgehead atoms. The second-order valence-corrected chi connectivity index (χ2v) is 6.60. The lowest BCUT2D eigenvalue weighted by Crippen LogP contribution is -2.43. The molecule has 1 aromatic carbocycles. The molecule has 5 heteroatoms. The first-order chi connectivity index (χ1) is 10.1. The van der Waals surface area contributed by atoms with Crippen molar-refractivity contribution in [3.63, 3.8) is 0 Å². The van der Waals surface area contributed by atoms with Gasteiger partial charge in [-0.2, -0.15) is 0 Å². The van der Waals surface area contributed by atoms with Gasteiger partial charge in [-0.1, -0.05) is 23.7 Å². The fraction of sp³-hybridized carbons (Fsp3) is 0.250. The SMILES string of the molecule is Cc1ccsc1C1CC(=O)NC(=O)C1c1ccc(Cl)cc1. The van der Waals surface area contributed by atoms with E-state index in [0.29, 0.717) is 11.4 Å². The van der Waals surface area contributed by atoms with Crippen LogP contribution in [0.2, 0.25) is 5.02 Å². The number of carbonyl (C=O) groups excluding carboxylic acids is 2. The Kier molecular flexibility index (Phi) is 3.83. The highest BCUT2D eigenvalue weighted by Crippen LogP contribution is 2.41. The fourth-order valence-electron chi connectivity index (χ4n) is 2.83. The molecular formula is C16H14ClNO2S. The maximum Gasteiger partial charge on any atom is 0.234 e. The fourth-order valence-corrected chi connectivity index (χ4v) is 4.02. The van der Waals surface area contributed by atoms with Gasteiger partial charge < -0.3 is 0 Å². The van der Waals surface area contributed by atoms with Crippen LogP contribution in [0.3, 0.4) is 0 Å². The van der Waals surface area contributed by atoms with Gasteiger partial charge in [0.2, 0.25) is 11.8 Å². The highest BCUT2D eigenvalue weighted by atomic mass is 35.5. The lowest BCUT2D eigenvalue weighted by Gasteiger charge is -2.30. The lowest BCUT2D eigenvalue weighted by atomic mass is 9.79. The van der Waals surface area contributed by atoms with Crippen LogP contribution in [0.1, 0.15) is 34.3 Å². The summed E-state index contributed by atoms with van der Waals surface area (Å²) in [4.78, 5) is 25.2. The van der Waals surface area contributed by atoms with Crippen molar-refractivity contribution in [3.8, 4) is 0 Å². The van der Waals surface area contributed by atoms with Crippen molar-refractivity contribution in [3.05, 3.63) is 56.7 Å². The van der Waals surface area contributed by atoms with Gasteiger partial charge in [0, 0.05) is 22.2 Å². The quantitative estimate of drug-likeness (QED) is 0.859. The van der Waals surface area contributed by atoms with E-state index in [1.54, 1.807) is 23.5 Å². The van der Waals surface area contributed by atoms with E-state index in [0.717, 1.165) is 16.0 Å². The zero-order valence-electron chi connectivity index (χ0n) is 11.4. The molecule has 1 fully saturated rings. The predicted octanol–water partition coefficient (Wildman–Crippen LogP) is 3.62. The number of nitrogens with one attached hydrogen (secondary N) is 1. The maximum atomic E-state index is 12.3. The Morgan fingerprint density at radius 3 is 2.52 bits per heavy atom. The topological polar surface area (TPSA) is 46.2 Å². The molecule has 108 valence electrons. The van der Waals surface area contributed by atoms with E-state index in [9.17, 15) is 9.59 Å². The first-order valence-corrected chi connectivity index (χ1v) is 7.95. The van der Waals surface area contributed by atoms with Gasteiger partial charge in [-0.15, -0.1) is 11.3 Å². The molecule has 0 saturated carbocycles. The Morgan fingerprint density at radius 1 is 1.19 bits per heavy atom. The van der Waals surface area contributed by atoms with Crippen LogP contribution in [-0.4, -0.2) is 11.8 Å². The molecule has 1 N–H and O–H groups in total. The summed E-state index contributed by atoms with van der Waals surface area (Å²) in [6, 6.07) is 9.30. The minimum atomic E-state index is -0.350. The molecule has 0 aliphatic carbocycles. The highest BCUT2D eigenvalue weighted by Gasteiger charge is 2.38. The molecule has 1 saturated heterocycles. The van der Waals surface area contributed by atoms with Gasteiger partial charge in [0.15, 0.2) is 0 Å². The van der Waals surface area contributed by atoms with Crippen molar-refractivity contribution in [2.75, 3.05) is 0 Å². The van der Waals surface area contributed by atoms with E-state index in [-0.39, 0.29) is 23.7 Å². The molecule has 3 nitrogen and oxygen atoms in total. The number of hydrogen-bond donors (Lipinski definition) is 1. The van der Waals surface area contributed by atoms with E-state index < -0.39 is 0 Å². The molecule has 1 aliphatic heterocycles. The normalized spacial score (nSPS) is 22.2. The van der Waals surface area contributed by atoms with E-state index >= 15 is 0 Å². The number of halogens is 1. The second kappa shape index (κ2) is 5.62. The summed E-state index contributed by atoms with van der Waals surface area (Å²) in [5.41, 5.74) is 2.02. The van der Waals surface area contributed by atoms with Gasteiger partial charge in [0.25, 0.3) is 0 Å². The van der Waals surface area contributed by atoms with Crippen molar-refractivity contribution in [2.45, 2.75) is 25.2 Å². The van der Waals surface area contributed by atoms with Crippen LogP contribution in [0, 0.1) is 6.92 Å². The Bertz CT molecular complexity index is 693. The van der Waals surface area contributed by atoms with E-state index in [1.165, 1.54) is 0 Å². The van der Waals surface area contributed by atoms with Gasteiger partial charge in [-0.05, 0) is 41.6 Å². The van der Waals surface area contributed by atoms with Crippen LogP contribution in [0.25, 0.3) is 0 Å². The lowest BCUT2D eigenvalue weighted by molar-refractivity contribution is -0.135. The first kappa shape index (κ1) is 14.3. The van der Waals surface area contributed by atoms with E-state index in [4.69, 9.17) is 11.6 Å². The van der Waals surface area contributed by atoms with Crippen molar-refractivity contribution in [1.82, 2.24) is 5.32 Å². The summed E-state index contributed by atoms with van der Waals surface area (Å²) < 4.78 is 0. The molecule has 2 atom stereocenters. The van der Waals surface area contributed by atoms with E-state index in [1.807, 2.05) is 30.5 Å². The average molecular weight is 320 g/mol. The highest BCUT2D eigenvalue weighted by molar-refractivity contribution is 7.10. The van der Waals surface area contributed by atoms with Crippen molar-refractivity contribution in [1.29, 1.82) is 0 Å². The Morgan fingerprint density at radius 2 is 1.90 bits per heavy atom. The van der Waals surface area contributed by atoms with Crippen molar-refractivity contribution >= 4 is 34.8 Å². The molecule has 2 aromatic rings. The standard InChI is InChI=1S/C16H14ClNO2S/c1-9-6-7-21-15(9)12-8-13(19)18-16(20)14(12)10-2-4-11(17)5-3-10/h2-7,12,14H,8H2,1H3,(H,18,19,20). The smallest absolute Gasteiger partial charge is 0.234 e. The molecule has 1 aromatic heterocycles. The summed E-state index contributed by atoms with van der Waals surface area (Å²) in [6.07, 6.45) is 0.334. The van der Waals surface area contributed by atoms with Crippen molar-refractivity contribution < 1.29 is 9.59 Å². The molecule has 2 amide bonds. The average Bonchev–Trinajstić information content (AvgIpc) is 2.85. The number of piperidine rings is 1. The summed E-state index contributed by atoms with van der Waals surface area (Å²) in [7, 11) is 0. The molecule has 0 spiro atoms. The number of aryl methyl sites for hydroxylation is 1. The third-order valence-corrected chi connectivity index (χ3v) is 5.22. The third-order valence-electron chi connectivity index (χ3n) is 3.82. The van der Waals surface area contributed by atoms with Gasteiger partial charge >= 0.3 is 0 Å². The van der Waals surface area contributed by atoms with Crippen LogP contribution in [0.4, 0.5) is 0 Å². The molecule has 21 heavy (non-hydrogen) atoms.